The number of methoxy groups -OCH3 is 2. The van der Waals surface area contributed by atoms with Crippen LogP contribution < -0.4 is 14.2 Å². The summed E-state index contributed by atoms with van der Waals surface area (Å²) >= 11 is 6.16. The standard InChI is InChI=1S/C23H20ClNO5/c1-28-20-11-10-18(12-19(20)24)25-13-17-4-3-5-21(29-2)22(17)30-14-15-6-8-16(9-7-15)23(26)27/h3-13H,14H2,1-2H3,(H,26,27). The second-order valence-electron chi connectivity index (χ2n) is 6.25. The van der Waals surface area contributed by atoms with Gasteiger partial charge >= 0.3 is 5.97 Å². The van der Waals surface area contributed by atoms with Gasteiger partial charge in [-0.1, -0.05) is 29.8 Å². The van der Waals surface area contributed by atoms with Crippen LogP contribution in [0.1, 0.15) is 21.5 Å². The smallest absolute Gasteiger partial charge is 0.335 e. The highest BCUT2D eigenvalue weighted by molar-refractivity contribution is 6.32. The Labute approximate surface area is 179 Å². The van der Waals surface area contributed by atoms with Gasteiger partial charge in [-0.05, 0) is 48.0 Å². The summed E-state index contributed by atoms with van der Waals surface area (Å²) in [6.45, 7) is 0.246. The van der Waals surface area contributed by atoms with E-state index in [1.807, 2.05) is 12.1 Å². The van der Waals surface area contributed by atoms with Gasteiger partial charge in [0.15, 0.2) is 11.5 Å². The molecule has 0 amide bonds. The SMILES string of the molecule is COc1ccc(N=Cc2cccc(OC)c2OCc2ccc(C(=O)O)cc2)cc1Cl. The van der Waals surface area contributed by atoms with E-state index in [4.69, 9.17) is 30.9 Å². The van der Waals surface area contributed by atoms with Crippen LogP contribution >= 0.6 is 11.6 Å². The molecule has 3 aromatic rings. The molecule has 0 heterocycles. The van der Waals surface area contributed by atoms with E-state index in [-0.39, 0.29) is 12.2 Å². The van der Waals surface area contributed by atoms with Crippen LogP contribution in [0.2, 0.25) is 5.02 Å². The number of para-hydroxylation sites is 1. The molecule has 3 aromatic carbocycles. The lowest BCUT2D eigenvalue weighted by Gasteiger charge is -2.13. The summed E-state index contributed by atoms with van der Waals surface area (Å²) in [6, 6.07) is 17.3. The van der Waals surface area contributed by atoms with E-state index in [1.54, 1.807) is 69.0 Å². The van der Waals surface area contributed by atoms with Crippen molar-refractivity contribution in [2.45, 2.75) is 6.61 Å². The first kappa shape index (κ1) is 21.2. The molecule has 0 aliphatic carbocycles. The van der Waals surface area contributed by atoms with E-state index in [9.17, 15) is 4.79 Å². The van der Waals surface area contributed by atoms with Crippen molar-refractivity contribution >= 4 is 29.5 Å². The number of halogens is 1. The van der Waals surface area contributed by atoms with Crippen molar-refractivity contribution in [3.05, 3.63) is 82.4 Å². The van der Waals surface area contributed by atoms with Crippen molar-refractivity contribution in [2.75, 3.05) is 14.2 Å². The number of ether oxygens (including phenoxy) is 3. The number of aliphatic imine (C=N–C) groups is 1. The number of carboxylic acids is 1. The summed E-state index contributed by atoms with van der Waals surface area (Å²) in [5.41, 5.74) is 2.44. The fourth-order valence-electron chi connectivity index (χ4n) is 2.73. The van der Waals surface area contributed by atoms with Gasteiger partial charge in [-0.2, -0.15) is 0 Å². The van der Waals surface area contributed by atoms with Crippen LogP contribution in [-0.4, -0.2) is 31.5 Å². The van der Waals surface area contributed by atoms with Gasteiger partial charge in [0.25, 0.3) is 0 Å². The quantitative estimate of drug-likeness (QED) is 0.490. The van der Waals surface area contributed by atoms with Crippen molar-refractivity contribution in [3.8, 4) is 17.2 Å². The molecular formula is C23H20ClNO5. The van der Waals surface area contributed by atoms with Crippen LogP contribution in [0.25, 0.3) is 0 Å². The van der Waals surface area contributed by atoms with Gasteiger partial charge in [-0.3, -0.25) is 4.99 Å². The van der Waals surface area contributed by atoms with Gasteiger partial charge in [-0.15, -0.1) is 0 Å². The first-order valence-corrected chi connectivity index (χ1v) is 9.39. The van der Waals surface area contributed by atoms with Crippen molar-refractivity contribution in [3.63, 3.8) is 0 Å². The Hall–Kier alpha value is -3.51. The van der Waals surface area contributed by atoms with Crippen molar-refractivity contribution in [2.24, 2.45) is 4.99 Å². The Bertz CT molecular complexity index is 1060. The molecule has 7 heteroatoms. The lowest BCUT2D eigenvalue weighted by atomic mass is 10.1. The number of nitrogens with zero attached hydrogens (tertiary/aromatic N) is 1. The highest BCUT2D eigenvalue weighted by atomic mass is 35.5. The third-order valence-electron chi connectivity index (χ3n) is 4.30. The first-order chi connectivity index (χ1) is 14.5. The van der Waals surface area contributed by atoms with Gasteiger partial charge in [0.2, 0.25) is 0 Å². The first-order valence-electron chi connectivity index (χ1n) is 9.01. The Morgan fingerprint density at radius 3 is 2.40 bits per heavy atom. The zero-order valence-corrected chi connectivity index (χ0v) is 17.2. The van der Waals surface area contributed by atoms with E-state index < -0.39 is 5.97 Å². The lowest BCUT2D eigenvalue weighted by Crippen LogP contribution is -2.02. The van der Waals surface area contributed by atoms with E-state index in [0.717, 1.165) is 11.1 Å². The maximum Gasteiger partial charge on any atom is 0.335 e. The highest BCUT2D eigenvalue weighted by Crippen LogP contribution is 2.32. The van der Waals surface area contributed by atoms with Crippen molar-refractivity contribution in [1.82, 2.24) is 0 Å². The van der Waals surface area contributed by atoms with Crippen LogP contribution in [0.5, 0.6) is 17.2 Å². The topological polar surface area (TPSA) is 77.3 Å². The Morgan fingerprint density at radius 1 is 1.03 bits per heavy atom. The monoisotopic (exact) mass is 425 g/mol. The molecule has 30 heavy (non-hydrogen) atoms. The number of benzene rings is 3. The Balaban J connectivity index is 1.82. The zero-order chi connectivity index (χ0) is 21.5. The fourth-order valence-corrected chi connectivity index (χ4v) is 2.98. The van der Waals surface area contributed by atoms with E-state index in [0.29, 0.717) is 28.0 Å². The molecule has 154 valence electrons. The fraction of sp³-hybridized carbons (Fsp3) is 0.130. The maximum absolute atomic E-state index is 11.0. The Kier molecular flexibility index (Phi) is 6.93. The number of rotatable bonds is 8. The number of aromatic carboxylic acids is 1. The summed E-state index contributed by atoms with van der Waals surface area (Å²) in [5.74, 6) is 0.707. The minimum atomic E-state index is -0.968. The maximum atomic E-state index is 11.0. The third-order valence-corrected chi connectivity index (χ3v) is 4.60. The normalized spacial score (nSPS) is 10.8. The van der Waals surface area contributed by atoms with Crippen molar-refractivity contribution < 1.29 is 24.1 Å². The molecule has 0 unspecified atom stereocenters. The van der Waals surface area contributed by atoms with E-state index >= 15 is 0 Å². The molecule has 6 nitrogen and oxygen atoms in total. The number of carboxylic acid groups (broad SMARTS) is 1. The van der Waals surface area contributed by atoms with Crippen LogP contribution in [0.3, 0.4) is 0 Å². The Morgan fingerprint density at radius 2 is 1.77 bits per heavy atom. The van der Waals surface area contributed by atoms with Crippen molar-refractivity contribution in [1.29, 1.82) is 0 Å². The molecule has 1 N–H and O–H groups in total. The second-order valence-corrected chi connectivity index (χ2v) is 6.65. The molecule has 0 saturated heterocycles. The van der Waals surface area contributed by atoms with Gasteiger partial charge in [-0.25, -0.2) is 4.79 Å². The van der Waals surface area contributed by atoms with E-state index in [2.05, 4.69) is 4.99 Å². The molecule has 0 saturated carbocycles. The van der Waals surface area contributed by atoms with Gasteiger partial charge in [0, 0.05) is 11.8 Å². The molecule has 0 bridgehead atoms. The summed E-state index contributed by atoms with van der Waals surface area (Å²) in [6.07, 6.45) is 1.67. The minimum absolute atomic E-state index is 0.224. The molecule has 0 aromatic heterocycles. The number of hydrogen-bond acceptors (Lipinski definition) is 5. The van der Waals surface area contributed by atoms with Crippen LogP contribution in [0, 0.1) is 0 Å². The number of hydrogen-bond donors (Lipinski definition) is 1. The molecule has 3 rings (SSSR count). The molecule has 0 atom stereocenters. The molecule has 0 aliphatic heterocycles. The molecule has 0 aliphatic rings. The zero-order valence-electron chi connectivity index (χ0n) is 16.5. The summed E-state index contributed by atoms with van der Waals surface area (Å²) in [5, 5.41) is 9.48. The molecule has 0 spiro atoms. The minimum Gasteiger partial charge on any atom is -0.495 e. The van der Waals surface area contributed by atoms with Crippen LogP contribution in [0.15, 0.2) is 65.7 Å². The molecular weight excluding hydrogens is 406 g/mol. The summed E-state index contributed by atoms with van der Waals surface area (Å²) < 4.78 is 16.6. The summed E-state index contributed by atoms with van der Waals surface area (Å²) in [4.78, 5) is 15.5. The largest absolute Gasteiger partial charge is 0.495 e. The van der Waals surface area contributed by atoms with Crippen LogP contribution in [0.4, 0.5) is 5.69 Å². The average molecular weight is 426 g/mol. The second kappa shape index (κ2) is 9.80. The van der Waals surface area contributed by atoms with Gasteiger partial charge < -0.3 is 19.3 Å². The highest BCUT2D eigenvalue weighted by Gasteiger charge is 2.10. The average Bonchev–Trinajstić information content (AvgIpc) is 2.76. The molecule has 0 fully saturated rings. The predicted molar refractivity (Wildman–Crippen MR) is 116 cm³/mol. The summed E-state index contributed by atoms with van der Waals surface area (Å²) in [7, 11) is 3.12. The van der Waals surface area contributed by atoms with E-state index in [1.165, 1.54) is 0 Å². The lowest BCUT2D eigenvalue weighted by molar-refractivity contribution is 0.0697. The van der Waals surface area contributed by atoms with Gasteiger partial charge in [0.1, 0.15) is 12.4 Å². The number of carbonyl (C=O) groups is 1. The predicted octanol–water partition coefficient (Wildman–Crippen LogP) is 5.39. The van der Waals surface area contributed by atoms with Gasteiger partial charge in [0.05, 0.1) is 30.5 Å². The third kappa shape index (κ3) is 5.10. The molecule has 0 radical (unpaired) electrons. The van der Waals surface area contributed by atoms with Crippen LogP contribution in [-0.2, 0) is 6.61 Å².